The number of hydrogen-bond donors (Lipinski definition) is 1. The molecule has 2 aromatic heterocycles. The molecule has 1 saturated heterocycles. The molecular weight excluding hydrogens is 414 g/mol. The van der Waals surface area contributed by atoms with Crippen molar-refractivity contribution in [1.82, 2.24) is 19.9 Å². The van der Waals surface area contributed by atoms with E-state index < -0.39 is 0 Å². The molecule has 3 fully saturated rings. The summed E-state index contributed by atoms with van der Waals surface area (Å²) in [4.78, 5) is 29.8. The molecule has 2 aliphatic carbocycles. The van der Waals surface area contributed by atoms with Gasteiger partial charge < -0.3 is 10.1 Å². The molecule has 6 rings (SSSR count). The molecule has 3 aromatic rings. The molecule has 7 nitrogen and oxygen atoms in total. The van der Waals surface area contributed by atoms with Gasteiger partial charge in [0.1, 0.15) is 11.3 Å². The summed E-state index contributed by atoms with van der Waals surface area (Å²) in [6.45, 7) is 4.45. The van der Waals surface area contributed by atoms with E-state index in [1.807, 2.05) is 24.4 Å². The Bertz CT molecular complexity index is 1180. The predicted molar refractivity (Wildman–Crippen MR) is 129 cm³/mol. The van der Waals surface area contributed by atoms with Gasteiger partial charge in [-0.2, -0.15) is 0 Å². The first-order valence-electron chi connectivity index (χ1n) is 12.4. The zero-order valence-electron chi connectivity index (χ0n) is 19.1. The van der Waals surface area contributed by atoms with Gasteiger partial charge in [0.05, 0.1) is 18.7 Å². The van der Waals surface area contributed by atoms with Crippen LogP contribution in [0, 0.1) is 5.92 Å². The molecule has 0 radical (unpaired) electrons. The van der Waals surface area contributed by atoms with Crippen molar-refractivity contribution < 1.29 is 9.53 Å². The first-order chi connectivity index (χ1) is 16.2. The third-order valence-electron chi connectivity index (χ3n) is 6.97. The average molecular weight is 446 g/mol. The number of fused-ring (bicyclic) bond motifs is 3. The maximum Gasteiger partial charge on any atom is 0.163 e. The van der Waals surface area contributed by atoms with Gasteiger partial charge in [0.15, 0.2) is 11.6 Å². The molecule has 33 heavy (non-hydrogen) atoms. The van der Waals surface area contributed by atoms with Crippen molar-refractivity contribution >= 4 is 33.4 Å². The fourth-order valence-electron chi connectivity index (χ4n) is 4.63. The topological polar surface area (TPSA) is 80.2 Å². The lowest BCUT2D eigenvalue weighted by Crippen LogP contribution is -2.36. The smallest absolute Gasteiger partial charge is 0.163 e. The molecule has 0 atom stereocenters. The second-order valence-electron chi connectivity index (χ2n) is 9.79. The van der Waals surface area contributed by atoms with E-state index in [9.17, 15) is 4.79 Å². The fraction of sp³-hybridized carbons (Fsp3) is 0.538. The molecule has 7 heteroatoms. The summed E-state index contributed by atoms with van der Waals surface area (Å²) < 4.78 is 5.40. The molecule has 1 aromatic carbocycles. The molecule has 1 aliphatic heterocycles. The lowest BCUT2D eigenvalue weighted by molar-refractivity contribution is 0.0371. The van der Waals surface area contributed by atoms with Crippen molar-refractivity contribution in [2.45, 2.75) is 51.0 Å². The summed E-state index contributed by atoms with van der Waals surface area (Å²) in [5.41, 5.74) is 2.48. The predicted octanol–water partition coefficient (Wildman–Crippen LogP) is 4.00. The zero-order valence-corrected chi connectivity index (χ0v) is 19.1. The zero-order chi connectivity index (χ0) is 22.2. The summed E-state index contributed by atoms with van der Waals surface area (Å²) in [7, 11) is 0. The van der Waals surface area contributed by atoms with E-state index in [0.717, 1.165) is 90.6 Å². The standard InChI is InChI=1S/C26H31N5O2/c32-23(2-1-9-31-10-12-33-13-11-31)18-5-8-20-21-16-27-24(14-17-3-4-17)30-25(21)26(28-19-6-7-19)29-22(20)15-18/h5,8,15-17,19H,1-4,6-7,9-14H2,(H,28,29). The highest BCUT2D eigenvalue weighted by Crippen LogP contribution is 2.34. The molecule has 2 saturated carbocycles. The van der Waals surface area contributed by atoms with Gasteiger partial charge in [-0.25, -0.2) is 15.0 Å². The number of rotatable bonds is 9. The minimum atomic E-state index is 0.180. The Hall–Kier alpha value is -2.64. The molecule has 0 bridgehead atoms. The maximum absolute atomic E-state index is 12.9. The first kappa shape index (κ1) is 20.9. The van der Waals surface area contributed by atoms with E-state index in [4.69, 9.17) is 14.7 Å². The van der Waals surface area contributed by atoms with Gasteiger partial charge in [-0.15, -0.1) is 0 Å². The number of ether oxygens (including phenoxy) is 1. The van der Waals surface area contributed by atoms with Crippen LogP contribution in [0.1, 0.15) is 54.7 Å². The Balaban J connectivity index is 1.26. The third-order valence-corrected chi connectivity index (χ3v) is 6.97. The lowest BCUT2D eigenvalue weighted by atomic mass is 10.0. The largest absolute Gasteiger partial charge is 0.379 e. The SMILES string of the molecule is O=C(CCCN1CCOCC1)c1ccc2c(c1)nc(NC1CC1)c1nc(CC3CC3)ncc12. The van der Waals surface area contributed by atoms with E-state index >= 15 is 0 Å². The summed E-state index contributed by atoms with van der Waals surface area (Å²) in [5, 5.41) is 5.58. The van der Waals surface area contributed by atoms with E-state index in [-0.39, 0.29) is 5.78 Å². The van der Waals surface area contributed by atoms with Gasteiger partial charge in [0, 0.05) is 54.5 Å². The van der Waals surface area contributed by atoms with Crippen LogP contribution >= 0.6 is 0 Å². The molecule has 1 N–H and O–H groups in total. The van der Waals surface area contributed by atoms with Crippen LogP contribution in [0.5, 0.6) is 0 Å². The van der Waals surface area contributed by atoms with Crippen LogP contribution in [0.15, 0.2) is 24.4 Å². The first-order valence-corrected chi connectivity index (χ1v) is 12.4. The number of carbonyl (C=O) groups is 1. The average Bonchev–Trinajstić information content (AvgIpc) is 3.77. The molecule has 3 heterocycles. The van der Waals surface area contributed by atoms with Gasteiger partial charge >= 0.3 is 0 Å². The normalized spacial score (nSPS) is 19.3. The highest BCUT2D eigenvalue weighted by atomic mass is 16.5. The van der Waals surface area contributed by atoms with Gasteiger partial charge in [-0.3, -0.25) is 9.69 Å². The van der Waals surface area contributed by atoms with Crippen molar-refractivity contribution in [1.29, 1.82) is 0 Å². The number of Topliss-reactive ketones (excluding diaryl/α,β-unsaturated/α-hetero) is 1. The van der Waals surface area contributed by atoms with E-state index in [1.165, 1.54) is 25.7 Å². The van der Waals surface area contributed by atoms with Crippen molar-refractivity contribution in [3.05, 3.63) is 35.8 Å². The van der Waals surface area contributed by atoms with Crippen LogP contribution in [0.2, 0.25) is 0 Å². The highest BCUT2D eigenvalue weighted by Gasteiger charge is 2.25. The highest BCUT2D eigenvalue weighted by molar-refractivity contribution is 6.10. The second-order valence-corrected chi connectivity index (χ2v) is 9.79. The Labute approximate surface area is 193 Å². The molecule has 172 valence electrons. The molecule has 0 amide bonds. The van der Waals surface area contributed by atoms with Gasteiger partial charge in [0.25, 0.3) is 0 Å². The molecule has 0 spiro atoms. The monoisotopic (exact) mass is 445 g/mol. The number of hydrogen-bond acceptors (Lipinski definition) is 7. The van der Waals surface area contributed by atoms with Gasteiger partial charge in [0.2, 0.25) is 0 Å². The van der Waals surface area contributed by atoms with Crippen molar-refractivity contribution in [2.75, 3.05) is 38.2 Å². The van der Waals surface area contributed by atoms with Crippen LogP contribution in [-0.2, 0) is 11.2 Å². The number of morpholine rings is 1. The number of carbonyl (C=O) groups excluding carboxylic acids is 1. The second kappa shape index (κ2) is 8.95. The van der Waals surface area contributed by atoms with Gasteiger partial charge in [-0.05, 0) is 50.6 Å². The Kier molecular flexibility index (Phi) is 5.68. The van der Waals surface area contributed by atoms with Crippen molar-refractivity contribution in [2.24, 2.45) is 5.92 Å². The van der Waals surface area contributed by atoms with Crippen LogP contribution in [0.3, 0.4) is 0 Å². The molecule has 0 unspecified atom stereocenters. The number of ketones is 1. The summed E-state index contributed by atoms with van der Waals surface area (Å²) in [6, 6.07) is 6.38. The minimum absolute atomic E-state index is 0.180. The van der Waals surface area contributed by atoms with E-state index in [0.29, 0.717) is 12.5 Å². The van der Waals surface area contributed by atoms with Crippen LogP contribution in [0.4, 0.5) is 5.82 Å². The Morgan fingerprint density at radius 3 is 2.73 bits per heavy atom. The number of anilines is 1. The number of benzene rings is 1. The van der Waals surface area contributed by atoms with E-state index in [2.05, 4.69) is 15.2 Å². The quantitative estimate of drug-likeness (QED) is 0.394. The fourth-order valence-corrected chi connectivity index (χ4v) is 4.63. The number of aromatic nitrogens is 3. The van der Waals surface area contributed by atoms with Gasteiger partial charge in [-0.1, -0.05) is 12.1 Å². The molecular formula is C26H31N5O2. The van der Waals surface area contributed by atoms with Crippen molar-refractivity contribution in [3.8, 4) is 0 Å². The lowest BCUT2D eigenvalue weighted by Gasteiger charge is -2.26. The van der Waals surface area contributed by atoms with Crippen molar-refractivity contribution in [3.63, 3.8) is 0 Å². The van der Waals surface area contributed by atoms with Crippen LogP contribution in [0.25, 0.3) is 21.8 Å². The Morgan fingerprint density at radius 2 is 1.94 bits per heavy atom. The number of nitrogens with zero attached hydrogens (tertiary/aromatic N) is 4. The summed E-state index contributed by atoms with van der Waals surface area (Å²) in [5.74, 6) is 2.67. The van der Waals surface area contributed by atoms with Crippen LogP contribution < -0.4 is 5.32 Å². The number of nitrogens with one attached hydrogen (secondary N) is 1. The van der Waals surface area contributed by atoms with Crippen LogP contribution in [-0.4, -0.2) is 64.5 Å². The molecule has 3 aliphatic rings. The maximum atomic E-state index is 12.9. The number of pyridine rings is 1. The van der Waals surface area contributed by atoms with E-state index in [1.54, 1.807) is 0 Å². The summed E-state index contributed by atoms with van der Waals surface area (Å²) in [6.07, 6.45) is 9.24. The summed E-state index contributed by atoms with van der Waals surface area (Å²) >= 11 is 0. The Morgan fingerprint density at radius 1 is 1.09 bits per heavy atom. The minimum Gasteiger partial charge on any atom is -0.379 e. The third kappa shape index (κ3) is 4.84.